The SMILES string of the molecule is CC(C)n1cnc2c(c1=O)C(Cc1cccc(-c3ccccc3)c1)C(=O)CC2. The molecule has 0 spiro atoms. The number of ketones is 1. The van der Waals surface area contributed by atoms with E-state index in [1.54, 1.807) is 10.9 Å². The van der Waals surface area contributed by atoms with Gasteiger partial charge < -0.3 is 0 Å². The zero-order valence-corrected chi connectivity index (χ0v) is 16.3. The van der Waals surface area contributed by atoms with E-state index in [9.17, 15) is 9.59 Å². The Kier molecular flexibility index (Phi) is 4.95. The first-order valence-corrected chi connectivity index (χ1v) is 9.81. The number of hydrogen-bond donors (Lipinski definition) is 0. The number of fused-ring (bicyclic) bond motifs is 1. The lowest BCUT2D eigenvalue weighted by Crippen LogP contribution is -2.35. The molecule has 0 amide bonds. The molecule has 1 unspecified atom stereocenters. The quantitative estimate of drug-likeness (QED) is 0.685. The maximum absolute atomic E-state index is 13.1. The fourth-order valence-corrected chi connectivity index (χ4v) is 3.97. The van der Waals surface area contributed by atoms with Crippen molar-refractivity contribution in [3.8, 4) is 11.1 Å². The molecule has 142 valence electrons. The zero-order valence-electron chi connectivity index (χ0n) is 16.3. The third kappa shape index (κ3) is 3.42. The van der Waals surface area contributed by atoms with E-state index in [0.717, 1.165) is 22.4 Å². The Balaban J connectivity index is 1.73. The number of rotatable bonds is 4. The van der Waals surface area contributed by atoms with Crippen molar-refractivity contribution in [3.05, 3.63) is 88.1 Å². The Morgan fingerprint density at radius 3 is 2.50 bits per heavy atom. The molecule has 0 saturated heterocycles. The number of aromatic nitrogens is 2. The van der Waals surface area contributed by atoms with Gasteiger partial charge in [-0.3, -0.25) is 14.2 Å². The van der Waals surface area contributed by atoms with Gasteiger partial charge in [-0.2, -0.15) is 0 Å². The van der Waals surface area contributed by atoms with Crippen molar-refractivity contribution in [1.82, 2.24) is 9.55 Å². The lowest BCUT2D eigenvalue weighted by Gasteiger charge is -2.24. The molecule has 1 aliphatic rings. The van der Waals surface area contributed by atoms with Crippen LogP contribution in [0.15, 0.2) is 65.7 Å². The van der Waals surface area contributed by atoms with Crippen LogP contribution in [-0.4, -0.2) is 15.3 Å². The molecule has 1 heterocycles. The molecule has 0 saturated carbocycles. The van der Waals surface area contributed by atoms with Crippen LogP contribution in [0.5, 0.6) is 0 Å². The van der Waals surface area contributed by atoms with Crippen LogP contribution in [0.25, 0.3) is 11.1 Å². The molecule has 1 aliphatic carbocycles. The predicted octanol–water partition coefficient (Wildman–Crippen LogP) is 4.33. The van der Waals surface area contributed by atoms with E-state index < -0.39 is 5.92 Å². The number of aryl methyl sites for hydroxylation is 1. The van der Waals surface area contributed by atoms with Gasteiger partial charge in [-0.15, -0.1) is 0 Å². The van der Waals surface area contributed by atoms with Crippen molar-refractivity contribution in [1.29, 1.82) is 0 Å². The second-order valence-electron chi connectivity index (χ2n) is 7.70. The van der Waals surface area contributed by atoms with Crippen molar-refractivity contribution in [2.24, 2.45) is 0 Å². The summed E-state index contributed by atoms with van der Waals surface area (Å²) >= 11 is 0. The summed E-state index contributed by atoms with van der Waals surface area (Å²) in [6.07, 6.45) is 3.16. The number of hydrogen-bond acceptors (Lipinski definition) is 3. The van der Waals surface area contributed by atoms with Crippen LogP contribution in [0, 0.1) is 0 Å². The van der Waals surface area contributed by atoms with Crippen LogP contribution in [0.3, 0.4) is 0 Å². The highest BCUT2D eigenvalue weighted by atomic mass is 16.1. The lowest BCUT2D eigenvalue weighted by atomic mass is 9.81. The Bertz CT molecular complexity index is 1070. The molecular weight excluding hydrogens is 348 g/mol. The number of carbonyl (C=O) groups excluding carboxylic acids is 1. The van der Waals surface area contributed by atoms with Gasteiger partial charge in [0.2, 0.25) is 0 Å². The van der Waals surface area contributed by atoms with E-state index in [1.165, 1.54) is 0 Å². The standard InChI is InChI=1S/C24H24N2O2/c1-16(2)26-15-25-21-11-12-22(27)20(23(21)24(26)28)14-17-7-6-10-19(13-17)18-8-4-3-5-9-18/h3-10,13,15-16,20H,11-12,14H2,1-2H3. The highest BCUT2D eigenvalue weighted by Gasteiger charge is 2.32. The van der Waals surface area contributed by atoms with Crippen LogP contribution < -0.4 is 5.56 Å². The van der Waals surface area contributed by atoms with Crippen LogP contribution in [-0.2, 0) is 17.6 Å². The molecule has 4 nitrogen and oxygen atoms in total. The molecule has 28 heavy (non-hydrogen) atoms. The van der Waals surface area contributed by atoms with Gasteiger partial charge in [0, 0.05) is 18.0 Å². The molecule has 0 fully saturated rings. The monoisotopic (exact) mass is 372 g/mol. The largest absolute Gasteiger partial charge is 0.299 e. The normalized spacial score (nSPS) is 16.2. The average Bonchev–Trinajstić information content (AvgIpc) is 2.71. The van der Waals surface area contributed by atoms with Gasteiger partial charge in [0.25, 0.3) is 5.56 Å². The van der Waals surface area contributed by atoms with Gasteiger partial charge in [0.05, 0.1) is 17.9 Å². The summed E-state index contributed by atoms with van der Waals surface area (Å²) in [7, 11) is 0. The molecule has 1 aromatic heterocycles. The maximum Gasteiger partial charge on any atom is 0.257 e. The lowest BCUT2D eigenvalue weighted by molar-refractivity contribution is -0.121. The molecule has 4 rings (SSSR count). The molecule has 4 heteroatoms. The summed E-state index contributed by atoms with van der Waals surface area (Å²) in [5.74, 6) is -0.279. The van der Waals surface area contributed by atoms with Gasteiger partial charge in [-0.1, -0.05) is 54.6 Å². The topological polar surface area (TPSA) is 52.0 Å². The average molecular weight is 372 g/mol. The molecule has 1 atom stereocenters. The fraction of sp³-hybridized carbons (Fsp3) is 0.292. The van der Waals surface area contributed by atoms with E-state index >= 15 is 0 Å². The predicted molar refractivity (Wildman–Crippen MR) is 111 cm³/mol. The van der Waals surface area contributed by atoms with Gasteiger partial charge >= 0.3 is 0 Å². The summed E-state index contributed by atoms with van der Waals surface area (Å²) in [6, 6.07) is 18.4. The second-order valence-corrected chi connectivity index (χ2v) is 7.70. The zero-order chi connectivity index (χ0) is 19.7. The van der Waals surface area contributed by atoms with Crippen LogP contribution in [0.2, 0.25) is 0 Å². The van der Waals surface area contributed by atoms with Crippen LogP contribution in [0.4, 0.5) is 0 Å². The summed E-state index contributed by atoms with van der Waals surface area (Å²) in [5.41, 5.74) is 4.63. The number of nitrogens with zero attached hydrogens (tertiary/aromatic N) is 2. The Hall–Kier alpha value is -3.01. The first-order valence-electron chi connectivity index (χ1n) is 9.81. The molecule has 0 N–H and O–H groups in total. The molecule has 0 radical (unpaired) electrons. The third-order valence-electron chi connectivity index (χ3n) is 5.49. The molecule has 0 aliphatic heterocycles. The molecule has 2 aromatic carbocycles. The van der Waals surface area contributed by atoms with Crippen molar-refractivity contribution < 1.29 is 4.79 Å². The van der Waals surface area contributed by atoms with E-state index in [2.05, 4.69) is 29.2 Å². The van der Waals surface area contributed by atoms with Crippen LogP contribution in [0.1, 0.15) is 49.0 Å². The van der Waals surface area contributed by atoms with Crippen molar-refractivity contribution >= 4 is 5.78 Å². The third-order valence-corrected chi connectivity index (χ3v) is 5.49. The first kappa shape index (κ1) is 18.4. The minimum atomic E-state index is -0.416. The Labute approximate surface area is 164 Å². The van der Waals surface area contributed by atoms with E-state index in [0.29, 0.717) is 24.8 Å². The number of benzene rings is 2. The Morgan fingerprint density at radius 2 is 1.75 bits per heavy atom. The number of carbonyl (C=O) groups is 1. The summed E-state index contributed by atoms with van der Waals surface area (Å²) in [5, 5.41) is 0. The minimum absolute atomic E-state index is 0.0180. The molecular formula is C24H24N2O2. The van der Waals surface area contributed by atoms with E-state index in [-0.39, 0.29) is 17.4 Å². The van der Waals surface area contributed by atoms with Crippen molar-refractivity contribution in [2.45, 2.75) is 45.1 Å². The first-order chi connectivity index (χ1) is 13.5. The Morgan fingerprint density at radius 1 is 1.00 bits per heavy atom. The second kappa shape index (κ2) is 7.55. The summed E-state index contributed by atoms with van der Waals surface area (Å²) in [4.78, 5) is 30.3. The van der Waals surface area contributed by atoms with E-state index in [1.807, 2.05) is 44.2 Å². The summed E-state index contributed by atoms with van der Waals surface area (Å²) in [6.45, 7) is 3.91. The van der Waals surface area contributed by atoms with E-state index in [4.69, 9.17) is 0 Å². The van der Waals surface area contributed by atoms with Gasteiger partial charge in [-0.05, 0) is 43.4 Å². The smallest absolute Gasteiger partial charge is 0.257 e. The highest BCUT2D eigenvalue weighted by molar-refractivity contribution is 5.88. The molecule has 3 aromatic rings. The summed E-state index contributed by atoms with van der Waals surface area (Å²) < 4.78 is 1.63. The van der Waals surface area contributed by atoms with Crippen molar-refractivity contribution in [2.75, 3.05) is 0 Å². The van der Waals surface area contributed by atoms with Crippen LogP contribution >= 0.6 is 0 Å². The van der Waals surface area contributed by atoms with Gasteiger partial charge in [0.1, 0.15) is 5.78 Å². The van der Waals surface area contributed by atoms with Gasteiger partial charge in [-0.25, -0.2) is 4.98 Å². The molecule has 0 bridgehead atoms. The number of Topliss-reactive ketones (excluding diaryl/α,β-unsaturated/α-hetero) is 1. The maximum atomic E-state index is 13.1. The highest BCUT2D eigenvalue weighted by Crippen LogP contribution is 2.30. The van der Waals surface area contributed by atoms with Crippen molar-refractivity contribution in [3.63, 3.8) is 0 Å². The fourth-order valence-electron chi connectivity index (χ4n) is 3.97. The minimum Gasteiger partial charge on any atom is -0.299 e. The van der Waals surface area contributed by atoms with Gasteiger partial charge in [0.15, 0.2) is 0 Å².